The molecule has 0 saturated carbocycles. The monoisotopic (exact) mass is 285 g/mol. The van der Waals surface area contributed by atoms with Gasteiger partial charge in [-0.05, 0) is 6.07 Å². The Bertz CT molecular complexity index is 659. The summed E-state index contributed by atoms with van der Waals surface area (Å²) in [6.45, 7) is 1.95. The lowest BCUT2D eigenvalue weighted by molar-refractivity contribution is -0.129. The minimum Gasteiger partial charge on any atom is -0.384 e. The maximum atomic E-state index is 11.9. The molecule has 1 aliphatic heterocycles. The first-order valence-corrected chi connectivity index (χ1v) is 6.94. The average Bonchev–Trinajstić information content (AvgIpc) is 2.82. The van der Waals surface area contributed by atoms with E-state index in [9.17, 15) is 4.79 Å². The number of carbonyl (C=O) groups excluding carboxylic acids is 1. The van der Waals surface area contributed by atoms with Crippen LogP contribution in [0.15, 0.2) is 30.3 Å². The molecule has 110 valence electrons. The maximum absolute atomic E-state index is 11.9. The number of amides is 1. The molecule has 2 aromatic rings. The molecule has 0 bridgehead atoms. The van der Waals surface area contributed by atoms with Crippen molar-refractivity contribution in [1.29, 1.82) is 0 Å². The van der Waals surface area contributed by atoms with E-state index in [2.05, 4.69) is 10.00 Å². The Morgan fingerprint density at radius 3 is 2.62 bits per heavy atom. The highest BCUT2D eigenvalue weighted by Gasteiger charge is 2.23. The number of aromatic nitrogens is 2. The van der Waals surface area contributed by atoms with Gasteiger partial charge in [-0.15, -0.1) is 0 Å². The molecule has 3 rings (SSSR count). The van der Waals surface area contributed by atoms with Crippen molar-refractivity contribution in [3.05, 3.63) is 30.3 Å². The van der Waals surface area contributed by atoms with E-state index in [0.29, 0.717) is 12.4 Å². The Balaban J connectivity index is 1.98. The van der Waals surface area contributed by atoms with Crippen LogP contribution in [0.1, 0.15) is 0 Å². The molecule has 0 unspecified atom stereocenters. The maximum Gasteiger partial charge on any atom is 0.241 e. The number of aryl methyl sites for hydroxylation is 1. The van der Waals surface area contributed by atoms with Crippen LogP contribution in [-0.4, -0.2) is 47.3 Å². The largest absolute Gasteiger partial charge is 0.384 e. The number of likely N-dealkylation sites (N-methyl/N-ethyl adjacent to an activating group) is 1. The molecule has 1 aliphatic rings. The molecule has 2 N–H and O–H groups in total. The predicted octanol–water partition coefficient (Wildman–Crippen LogP) is 0.948. The van der Waals surface area contributed by atoms with E-state index in [-0.39, 0.29) is 5.91 Å². The Kier molecular flexibility index (Phi) is 3.29. The first-order valence-electron chi connectivity index (χ1n) is 6.94. The van der Waals surface area contributed by atoms with Gasteiger partial charge in [-0.2, -0.15) is 5.10 Å². The fraction of sp³-hybridized carbons (Fsp3) is 0.333. The van der Waals surface area contributed by atoms with Gasteiger partial charge in [-0.1, -0.05) is 18.2 Å². The number of hydrogen-bond donors (Lipinski definition) is 1. The summed E-state index contributed by atoms with van der Waals surface area (Å²) in [5.74, 6) is 0.755. The highest BCUT2D eigenvalue weighted by atomic mass is 16.2. The van der Waals surface area contributed by atoms with Gasteiger partial charge in [0.25, 0.3) is 0 Å². The molecule has 0 atom stereocenters. The van der Waals surface area contributed by atoms with Gasteiger partial charge < -0.3 is 15.5 Å². The summed E-state index contributed by atoms with van der Waals surface area (Å²) in [5.41, 5.74) is 8.73. The smallest absolute Gasteiger partial charge is 0.241 e. The normalized spacial score (nSPS) is 15.6. The van der Waals surface area contributed by atoms with Crippen LogP contribution < -0.4 is 10.6 Å². The quantitative estimate of drug-likeness (QED) is 0.892. The van der Waals surface area contributed by atoms with Gasteiger partial charge in [-0.3, -0.25) is 9.48 Å². The molecule has 21 heavy (non-hydrogen) atoms. The molecule has 1 fully saturated rings. The number of rotatable bonds is 2. The van der Waals surface area contributed by atoms with E-state index in [1.807, 2.05) is 44.4 Å². The fourth-order valence-corrected chi connectivity index (χ4v) is 2.54. The summed E-state index contributed by atoms with van der Waals surface area (Å²) in [6, 6.07) is 9.85. The summed E-state index contributed by atoms with van der Waals surface area (Å²) >= 11 is 0. The van der Waals surface area contributed by atoms with Gasteiger partial charge >= 0.3 is 0 Å². The third kappa shape index (κ3) is 2.44. The summed E-state index contributed by atoms with van der Waals surface area (Å²) in [5, 5.41) is 4.44. The van der Waals surface area contributed by atoms with Gasteiger partial charge in [0.1, 0.15) is 5.82 Å². The van der Waals surface area contributed by atoms with Crippen LogP contribution in [0.4, 0.5) is 11.5 Å². The van der Waals surface area contributed by atoms with Crippen LogP contribution in [0.25, 0.3) is 11.3 Å². The fourth-order valence-electron chi connectivity index (χ4n) is 2.54. The first-order chi connectivity index (χ1) is 10.1. The minimum atomic E-state index is 0.136. The van der Waals surface area contributed by atoms with E-state index in [1.54, 1.807) is 9.58 Å². The molecule has 1 saturated heterocycles. The van der Waals surface area contributed by atoms with E-state index in [1.165, 1.54) is 0 Å². The van der Waals surface area contributed by atoms with Crippen molar-refractivity contribution in [3.8, 4) is 11.3 Å². The molecular weight excluding hydrogens is 266 g/mol. The third-order valence-electron chi connectivity index (χ3n) is 3.89. The van der Waals surface area contributed by atoms with E-state index >= 15 is 0 Å². The number of carbonyl (C=O) groups is 1. The predicted molar refractivity (Wildman–Crippen MR) is 82.9 cm³/mol. The SMILES string of the molecule is CN1CCN(c2ccccc2-c2cc(N)n(C)n2)CC1=O. The molecule has 1 aromatic carbocycles. The summed E-state index contributed by atoms with van der Waals surface area (Å²) in [7, 11) is 3.66. The molecule has 0 spiro atoms. The van der Waals surface area contributed by atoms with Crippen LogP contribution in [0, 0.1) is 0 Å². The van der Waals surface area contributed by atoms with Crippen LogP contribution in [-0.2, 0) is 11.8 Å². The lowest BCUT2D eigenvalue weighted by Gasteiger charge is -2.34. The Labute approximate surface area is 123 Å². The lowest BCUT2D eigenvalue weighted by atomic mass is 10.1. The van der Waals surface area contributed by atoms with E-state index in [0.717, 1.165) is 30.0 Å². The standard InChI is InChI=1S/C15H19N5O/c1-18-7-8-20(10-15(18)21)13-6-4-3-5-11(13)12-9-14(16)19(2)17-12/h3-6,9H,7-8,10,16H2,1-2H3. The zero-order valence-electron chi connectivity index (χ0n) is 12.3. The molecule has 0 radical (unpaired) electrons. The highest BCUT2D eigenvalue weighted by molar-refractivity contribution is 5.86. The zero-order chi connectivity index (χ0) is 15.0. The summed E-state index contributed by atoms with van der Waals surface area (Å²) < 4.78 is 1.65. The second-order valence-electron chi connectivity index (χ2n) is 5.33. The second-order valence-corrected chi connectivity index (χ2v) is 5.33. The van der Waals surface area contributed by atoms with E-state index < -0.39 is 0 Å². The molecule has 0 aliphatic carbocycles. The van der Waals surface area contributed by atoms with Gasteiger partial charge in [0.15, 0.2) is 0 Å². The van der Waals surface area contributed by atoms with Gasteiger partial charge in [0.2, 0.25) is 5.91 Å². The van der Waals surface area contributed by atoms with Crippen LogP contribution in [0.2, 0.25) is 0 Å². The van der Waals surface area contributed by atoms with Gasteiger partial charge in [-0.25, -0.2) is 0 Å². The van der Waals surface area contributed by atoms with Crippen LogP contribution >= 0.6 is 0 Å². The average molecular weight is 285 g/mol. The number of para-hydroxylation sites is 1. The Morgan fingerprint density at radius 2 is 1.95 bits per heavy atom. The number of nitrogens with two attached hydrogens (primary N) is 1. The number of benzene rings is 1. The summed E-state index contributed by atoms with van der Waals surface area (Å²) in [6.07, 6.45) is 0. The molecule has 6 heteroatoms. The highest BCUT2D eigenvalue weighted by Crippen LogP contribution is 2.31. The first kappa shape index (κ1) is 13.5. The minimum absolute atomic E-state index is 0.136. The Morgan fingerprint density at radius 1 is 1.19 bits per heavy atom. The zero-order valence-corrected chi connectivity index (χ0v) is 12.3. The van der Waals surface area contributed by atoms with Crippen LogP contribution in [0.3, 0.4) is 0 Å². The molecule has 1 aromatic heterocycles. The van der Waals surface area contributed by atoms with E-state index in [4.69, 9.17) is 5.73 Å². The second kappa shape index (κ2) is 5.12. The molecular formula is C15H19N5O. The number of piperazine rings is 1. The lowest BCUT2D eigenvalue weighted by Crippen LogP contribution is -2.48. The molecule has 6 nitrogen and oxygen atoms in total. The number of nitrogens with zero attached hydrogens (tertiary/aromatic N) is 4. The van der Waals surface area contributed by atoms with Crippen LogP contribution in [0.5, 0.6) is 0 Å². The topological polar surface area (TPSA) is 67.4 Å². The van der Waals surface area contributed by atoms with Gasteiger partial charge in [0.05, 0.1) is 12.2 Å². The van der Waals surface area contributed by atoms with Crippen molar-refractivity contribution < 1.29 is 4.79 Å². The van der Waals surface area contributed by atoms with Crippen molar-refractivity contribution >= 4 is 17.4 Å². The summed E-state index contributed by atoms with van der Waals surface area (Å²) in [4.78, 5) is 15.8. The molecule has 2 heterocycles. The van der Waals surface area contributed by atoms with Crippen molar-refractivity contribution in [2.45, 2.75) is 0 Å². The number of hydrogen-bond acceptors (Lipinski definition) is 4. The number of nitrogen functional groups attached to an aromatic ring is 1. The third-order valence-corrected chi connectivity index (χ3v) is 3.89. The van der Waals surface area contributed by atoms with Crippen molar-refractivity contribution in [2.75, 3.05) is 37.3 Å². The van der Waals surface area contributed by atoms with Crippen molar-refractivity contribution in [2.24, 2.45) is 7.05 Å². The van der Waals surface area contributed by atoms with Crippen molar-refractivity contribution in [1.82, 2.24) is 14.7 Å². The number of anilines is 2. The molecule has 1 amide bonds. The Hall–Kier alpha value is -2.50. The van der Waals surface area contributed by atoms with Gasteiger partial charge in [0, 0.05) is 44.5 Å². The van der Waals surface area contributed by atoms with Crippen molar-refractivity contribution in [3.63, 3.8) is 0 Å².